The minimum absolute atomic E-state index is 0.304. The van der Waals surface area contributed by atoms with E-state index in [0.717, 1.165) is 8.66 Å². The Bertz CT molecular complexity index is 634. The molecule has 0 aliphatic carbocycles. The normalized spacial score (nSPS) is 13.7. The van der Waals surface area contributed by atoms with Crippen LogP contribution in [-0.2, 0) is 10.0 Å². The van der Waals surface area contributed by atoms with Gasteiger partial charge in [0, 0.05) is 17.3 Å². The molecule has 1 unspecified atom stereocenters. The van der Waals surface area contributed by atoms with Crippen LogP contribution in [0.3, 0.4) is 0 Å². The number of aryl methyl sites for hydroxylation is 1. The molecule has 0 bridgehead atoms. The van der Waals surface area contributed by atoms with Crippen molar-refractivity contribution in [2.24, 2.45) is 0 Å². The Kier molecular flexibility index (Phi) is 3.90. The summed E-state index contributed by atoms with van der Waals surface area (Å²) in [5.41, 5.74) is 0. The zero-order valence-corrected chi connectivity index (χ0v) is 13.0. The Hall–Kier alpha value is -0.700. The van der Waals surface area contributed by atoms with Gasteiger partial charge in [-0.2, -0.15) is 0 Å². The van der Waals surface area contributed by atoms with Gasteiger partial charge >= 0.3 is 0 Å². The van der Waals surface area contributed by atoms with Gasteiger partial charge in [-0.05, 0) is 35.8 Å². The van der Waals surface area contributed by atoms with E-state index in [2.05, 4.69) is 30.6 Å². The van der Waals surface area contributed by atoms with Gasteiger partial charge in [-0.25, -0.2) is 18.1 Å². The van der Waals surface area contributed by atoms with Crippen LogP contribution in [0.5, 0.6) is 0 Å². The fourth-order valence-corrected chi connectivity index (χ4v) is 5.19. The first-order valence-electron chi connectivity index (χ1n) is 5.17. The molecule has 0 aromatic carbocycles. The maximum absolute atomic E-state index is 12.2. The summed E-state index contributed by atoms with van der Waals surface area (Å²) in [5, 5.41) is 0. The summed E-state index contributed by atoms with van der Waals surface area (Å²) in [5.74, 6) is 0.588. The Morgan fingerprint density at radius 1 is 1.56 bits per heavy atom. The van der Waals surface area contributed by atoms with E-state index in [4.69, 9.17) is 0 Å². The molecular formula is C10H12BrN3O2S2. The summed E-state index contributed by atoms with van der Waals surface area (Å²) in [6.07, 6.45) is 3.25. The van der Waals surface area contributed by atoms with Gasteiger partial charge in [0.15, 0.2) is 0 Å². The van der Waals surface area contributed by atoms with Crippen molar-refractivity contribution in [1.29, 1.82) is 0 Å². The summed E-state index contributed by atoms with van der Waals surface area (Å²) < 4.78 is 27.8. The predicted octanol–water partition coefficient (Wildman–Crippen LogP) is 2.58. The van der Waals surface area contributed by atoms with Crippen LogP contribution in [0, 0.1) is 6.92 Å². The van der Waals surface area contributed by atoms with E-state index < -0.39 is 16.1 Å². The van der Waals surface area contributed by atoms with E-state index in [9.17, 15) is 8.42 Å². The van der Waals surface area contributed by atoms with Crippen molar-refractivity contribution in [2.45, 2.75) is 24.8 Å². The molecule has 2 aromatic heterocycles. The first-order chi connectivity index (χ1) is 8.40. The molecule has 1 atom stereocenters. The molecule has 0 saturated heterocycles. The zero-order valence-electron chi connectivity index (χ0n) is 9.77. The van der Waals surface area contributed by atoms with Gasteiger partial charge in [0.25, 0.3) is 0 Å². The quantitative estimate of drug-likeness (QED) is 0.890. The fraction of sp³-hybridized carbons (Fsp3) is 0.300. The summed E-state index contributed by atoms with van der Waals surface area (Å²) in [4.78, 5) is 7.97. The van der Waals surface area contributed by atoms with E-state index >= 15 is 0 Å². The molecule has 0 aliphatic heterocycles. The molecule has 5 nitrogen and oxygen atoms in total. The lowest BCUT2D eigenvalue weighted by Gasteiger charge is -2.11. The van der Waals surface area contributed by atoms with Crippen molar-refractivity contribution in [3.8, 4) is 0 Å². The van der Waals surface area contributed by atoms with E-state index in [0.29, 0.717) is 10.7 Å². The number of thiophene rings is 1. The maximum atomic E-state index is 12.2. The smallest absolute Gasteiger partial charge is 0.242 e. The lowest BCUT2D eigenvalue weighted by atomic mass is 10.3. The lowest BCUT2D eigenvalue weighted by Crippen LogP contribution is -2.27. The van der Waals surface area contributed by atoms with Gasteiger partial charge in [0.05, 0.1) is 14.7 Å². The molecule has 18 heavy (non-hydrogen) atoms. The number of hydrogen-bond acceptors (Lipinski definition) is 4. The van der Waals surface area contributed by atoms with Crippen LogP contribution in [-0.4, -0.2) is 18.4 Å². The van der Waals surface area contributed by atoms with Crippen LogP contribution < -0.4 is 4.72 Å². The number of imidazole rings is 1. The molecule has 0 radical (unpaired) electrons. The Morgan fingerprint density at radius 3 is 2.78 bits per heavy atom. The predicted molar refractivity (Wildman–Crippen MR) is 74.1 cm³/mol. The SMILES string of the molecule is Cc1sc(Br)cc1S(=O)(=O)NC(C)c1ncc[nH]1. The number of nitrogens with zero attached hydrogens (tertiary/aromatic N) is 1. The van der Waals surface area contributed by atoms with Crippen molar-refractivity contribution in [2.75, 3.05) is 0 Å². The fourth-order valence-electron chi connectivity index (χ4n) is 1.56. The highest BCUT2D eigenvalue weighted by Crippen LogP contribution is 2.30. The average molecular weight is 350 g/mol. The third-order valence-electron chi connectivity index (χ3n) is 2.39. The first-order valence-corrected chi connectivity index (χ1v) is 8.27. The molecule has 0 amide bonds. The summed E-state index contributed by atoms with van der Waals surface area (Å²) >= 11 is 4.68. The minimum Gasteiger partial charge on any atom is -0.347 e. The summed E-state index contributed by atoms with van der Waals surface area (Å²) in [7, 11) is -3.52. The number of aromatic amines is 1. The molecule has 98 valence electrons. The standard InChI is InChI=1S/C10H12BrN3O2S2/c1-6(10-12-3-4-13-10)14-18(15,16)8-5-9(11)17-7(8)2/h3-6,14H,1-2H3,(H,12,13). The van der Waals surface area contributed by atoms with Gasteiger partial charge in [-0.3, -0.25) is 0 Å². The van der Waals surface area contributed by atoms with Crippen LogP contribution in [0.25, 0.3) is 0 Å². The number of halogens is 1. The molecule has 2 heterocycles. The van der Waals surface area contributed by atoms with Gasteiger partial charge in [0.1, 0.15) is 5.82 Å². The van der Waals surface area contributed by atoms with E-state index in [1.54, 1.807) is 32.3 Å². The highest BCUT2D eigenvalue weighted by atomic mass is 79.9. The summed E-state index contributed by atoms with van der Waals surface area (Å²) in [6.45, 7) is 3.52. The van der Waals surface area contributed by atoms with Crippen molar-refractivity contribution < 1.29 is 8.42 Å². The topological polar surface area (TPSA) is 74.8 Å². The van der Waals surface area contributed by atoms with Gasteiger partial charge < -0.3 is 4.98 Å². The van der Waals surface area contributed by atoms with E-state index in [-0.39, 0.29) is 0 Å². The second-order valence-electron chi connectivity index (χ2n) is 3.79. The second-order valence-corrected chi connectivity index (χ2v) is 8.11. The Labute approximate surface area is 118 Å². The van der Waals surface area contributed by atoms with Gasteiger partial charge in [-0.1, -0.05) is 0 Å². The summed E-state index contributed by atoms with van der Waals surface area (Å²) in [6, 6.07) is 1.21. The number of nitrogens with one attached hydrogen (secondary N) is 2. The lowest BCUT2D eigenvalue weighted by molar-refractivity contribution is 0.561. The molecule has 2 rings (SSSR count). The number of sulfonamides is 1. The molecule has 2 N–H and O–H groups in total. The average Bonchev–Trinajstić information content (AvgIpc) is 2.86. The van der Waals surface area contributed by atoms with Crippen LogP contribution in [0.15, 0.2) is 27.1 Å². The van der Waals surface area contributed by atoms with Crippen molar-refractivity contribution in [1.82, 2.24) is 14.7 Å². The number of aromatic nitrogens is 2. The van der Waals surface area contributed by atoms with Crippen LogP contribution >= 0.6 is 27.3 Å². The Balaban J connectivity index is 2.25. The third kappa shape index (κ3) is 2.82. The van der Waals surface area contributed by atoms with E-state index in [1.165, 1.54) is 11.3 Å². The van der Waals surface area contributed by atoms with Crippen molar-refractivity contribution in [3.05, 3.63) is 32.9 Å². The van der Waals surface area contributed by atoms with Crippen molar-refractivity contribution in [3.63, 3.8) is 0 Å². The molecule has 2 aromatic rings. The molecule has 0 fully saturated rings. The minimum atomic E-state index is -3.52. The molecule has 8 heteroatoms. The van der Waals surface area contributed by atoms with Gasteiger partial charge in [-0.15, -0.1) is 11.3 Å². The van der Waals surface area contributed by atoms with Crippen LogP contribution in [0.2, 0.25) is 0 Å². The number of hydrogen-bond donors (Lipinski definition) is 2. The van der Waals surface area contributed by atoms with Crippen molar-refractivity contribution >= 4 is 37.3 Å². The number of H-pyrrole nitrogens is 1. The molecular weight excluding hydrogens is 338 g/mol. The van der Waals surface area contributed by atoms with Gasteiger partial charge in [0.2, 0.25) is 10.0 Å². The Morgan fingerprint density at radius 2 is 2.28 bits per heavy atom. The maximum Gasteiger partial charge on any atom is 0.242 e. The van der Waals surface area contributed by atoms with E-state index in [1.807, 2.05) is 0 Å². The highest BCUT2D eigenvalue weighted by molar-refractivity contribution is 9.11. The molecule has 0 aliphatic rings. The van der Waals surface area contributed by atoms with Crippen LogP contribution in [0.1, 0.15) is 23.7 Å². The zero-order chi connectivity index (χ0) is 13.3. The second kappa shape index (κ2) is 5.12. The molecule has 0 spiro atoms. The highest BCUT2D eigenvalue weighted by Gasteiger charge is 2.23. The monoisotopic (exact) mass is 349 g/mol. The first kappa shape index (κ1) is 13.7. The third-order valence-corrected chi connectivity index (χ3v) is 5.74. The number of rotatable bonds is 4. The largest absolute Gasteiger partial charge is 0.347 e. The van der Waals surface area contributed by atoms with Crippen LogP contribution in [0.4, 0.5) is 0 Å². The molecule has 0 saturated carbocycles.